The van der Waals surface area contributed by atoms with Gasteiger partial charge in [-0.15, -0.1) is 0 Å². The van der Waals surface area contributed by atoms with Crippen molar-refractivity contribution in [2.75, 3.05) is 13.7 Å². The van der Waals surface area contributed by atoms with Gasteiger partial charge in [-0.3, -0.25) is 9.59 Å². The highest BCUT2D eigenvalue weighted by Crippen LogP contribution is 2.26. The topological polar surface area (TPSA) is 46.6 Å². The molecule has 4 heteroatoms. The highest BCUT2D eigenvalue weighted by Gasteiger charge is 2.28. The Balaban J connectivity index is 1.98. The van der Waals surface area contributed by atoms with Crippen LogP contribution in [0.5, 0.6) is 0 Å². The van der Waals surface area contributed by atoms with E-state index in [1.807, 2.05) is 0 Å². The van der Waals surface area contributed by atoms with Gasteiger partial charge in [-0.1, -0.05) is 24.5 Å². The molecule has 2 aliphatic carbocycles. The van der Waals surface area contributed by atoms with E-state index in [0.717, 1.165) is 38.5 Å². The number of esters is 1. The maximum atomic E-state index is 12.5. The number of carbonyl (C=O) groups is 2. The van der Waals surface area contributed by atoms with Crippen LogP contribution in [0.4, 0.5) is 0 Å². The van der Waals surface area contributed by atoms with Crippen molar-refractivity contribution in [3.63, 3.8) is 0 Å². The summed E-state index contributed by atoms with van der Waals surface area (Å²) in [5, 5.41) is 0. The van der Waals surface area contributed by atoms with E-state index in [1.165, 1.54) is 25.5 Å². The first-order valence-corrected chi connectivity index (χ1v) is 7.75. The summed E-state index contributed by atoms with van der Waals surface area (Å²) < 4.78 is 4.73. The van der Waals surface area contributed by atoms with Crippen molar-refractivity contribution < 1.29 is 14.3 Å². The Kier molecular flexibility index (Phi) is 5.62. The SMILES string of the molecule is COC(=O)CN(C(=O)CC1=CCCCC1)C1CCCC1. The molecule has 0 atom stereocenters. The van der Waals surface area contributed by atoms with Crippen molar-refractivity contribution in [1.29, 1.82) is 0 Å². The molecule has 0 saturated heterocycles. The molecule has 1 saturated carbocycles. The minimum Gasteiger partial charge on any atom is -0.468 e. The van der Waals surface area contributed by atoms with Crippen molar-refractivity contribution in [2.24, 2.45) is 0 Å². The second-order valence-corrected chi connectivity index (χ2v) is 5.82. The molecular weight excluding hydrogens is 254 g/mol. The van der Waals surface area contributed by atoms with Gasteiger partial charge in [0.05, 0.1) is 7.11 Å². The number of ether oxygens (including phenoxy) is 1. The first kappa shape index (κ1) is 15.1. The number of nitrogens with zero attached hydrogens (tertiary/aromatic N) is 1. The normalized spacial score (nSPS) is 19.6. The number of hydrogen-bond donors (Lipinski definition) is 0. The van der Waals surface area contributed by atoms with Gasteiger partial charge in [0.2, 0.25) is 5.91 Å². The Bertz CT molecular complexity index is 383. The second-order valence-electron chi connectivity index (χ2n) is 5.82. The van der Waals surface area contributed by atoms with Gasteiger partial charge in [-0.2, -0.15) is 0 Å². The quantitative estimate of drug-likeness (QED) is 0.574. The summed E-state index contributed by atoms with van der Waals surface area (Å²) in [6, 6.07) is 0.228. The zero-order valence-electron chi connectivity index (χ0n) is 12.4. The Labute approximate surface area is 121 Å². The van der Waals surface area contributed by atoms with Crippen LogP contribution in [0.1, 0.15) is 57.8 Å². The Morgan fingerprint density at radius 3 is 2.60 bits per heavy atom. The van der Waals surface area contributed by atoms with Crippen molar-refractivity contribution in [3.05, 3.63) is 11.6 Å². The lowest BCUT2D eigenvalue weighted by atomic mass is 9.96. The van der Waals surface area contributed by atoms with Crippen LogP contribution in [0.25, 0.3) is 0 Å². The summed E-state index contributed by atoms with van der Waals surface area (Å²) in [6.07, 6.45) is 11.5. The van der Waals surface area contributed by atoms with E-state index in [4.69, 9.17) is 4.74 Å². The fourth-order valence-electron chi connectivity index (χ4n) is 3.20. The molecule has 2 rings (SSSR count). The van der Waals surface area contributed by atoms with Crippen molar-refractivity contribution >= 4 is 11.9 Å². The van der Waals surface area contributed by atoms with Crippen LogP contribution in [0.2, 0.25) is 0 Å². The average molecular weight is 279 g/mol. The smallest absolute Gasteiger partial charge is 0.325 e. The molecule has 0 unspecified atom stereocenters. The molecular formula is C16H25NO3. The van der Waals surface area contributed by atoms with Crippen LogP contribution in [0.15, 0.2) is 11.6 Å². The van der Waals surface area contributed by atoms with Crippen LogP contribution in [-0.2, 0) is 14.3 Å². The minimum atomic E-state index is -0.317. The second kappa shape index (κ2) is 7.46. The van der Waals surface area contributed by atoms with E-state index in [0.29, 0.717) is 6.42 Å². The molecule has 0 radical (unpaired) electrons. The molecule has 0 aromatic carbocycles. The number of amides is 1. The number of carbonyl (C=O) groups excluding carboxylic acids is 2. The van der Waals surface area contributed by atoms with Gasteiger partial charge in [0.15, 0.2) is 0 Å². The lowest BCUT2D eigenvalue weighted by Gasteiger charge is -2.28. The molecule has 1 amide bonds. The Morgan fingerprint density at radius 2 is 2.00 bits per heavy atom. The fourth-order valence-corrected chi connectivity index (χ4v) is 3.20. The summed E-state index contributed by atoms with van der Waals surface area (Å²) in [6.45, 7) is 0.104. The molecule has 4 nitrogen and oxygen atoms in total. The highest BCUT2D eigenvalue weighted by molar-refractivity contribution is 5.83. The third-order valence-corrected chi connectivity index (χ3v) is 4.38. The van der Waals surface area contributed by atoms with E-state index >= 15 is 0 Å². The lowest BCUT2D eigenvalue weighted by molar-refractivity contribution is -0.148. The molecule has 20 heavy (non-hydrogen) atoms. The van der Waals surface area contributed by atoms with Gasteiger partial charge in [-0.05, 0) is 38.5 Å². The van der Waals surface area contributed by atoms with Crippen LogP contribution in [0, 0.1) is 0 Å². The van der Waals surface area contributed by atoms with E-state index in [2.05, 4.69) is 6.08 Å². The predicted octanol–water partition coefficient (Wildman–Crippen LogP) is 2.82. The van der Waals surface area contributed by atoms with Gasteiger partial charge in [0.25, 0.3) is 0 Å². The summed E-state index contributed by atoms with van der Waals surface area (Å²) in [5.41, 5.74) is 1.24. The van der Waals surface area contributed by atoms with Crippen LogP contribution in [0.3, 0.4) is 0 Å². The first-order chi connectivity index (χ1) is 9.70. The lowest BCUT2D eigenvalue weighted by Crippen LogP contribution is -2.42. The van der Waals surface area contributed by atoms with E-state index < -0.39 is 0 Å². The third kappa shape index (κ3) is 4.09. The third-order valence-electron chi connectivity index (χ3n) is 4.38. The summed E-state index contributed by atoms with van der Waals surface area (Å²) in [5.74, 6) is -0.224. The van der Waals surface area contributed by atoms with Crippen molar-refractivity contribution in [1.82, 2.24) is 4.90 Å². The van der Waals surface area contributed by atoms with Gasteiger partial charge in [0, 0.05) is 12.5 Å². The highest BCUT2D eigenvalue weighted by atomic mass is 16.5. The summed E-state index contributed by atoms with van der Waals surface area (Å²) >= 11 is 0. The zero-order valence-corrected chi connectivity index (χ0v) is 12.4. The molecule has 0 heterocycles. The van der Waals surface area contributed by atoms with E-state index in [9.17, 15) is 9.59 Å². The van der Waals surface area contributed by atoms with Crippen LogP contribution < -0.4 is 0 Å². The average Bonchev–Trinajstić information content (AvgIpc) is 2.99. The van der Waals surface area contributed by atoms with Crippen molar-refractivity contribution in [3.8, 4) is 0 Å². The van der Waals surface area contributed by atoms with Gasteiger partial charge >= 0.3 is 5.97 Å². The van der Waals surface area contributed by atoms with Crippen LogP contribution in [-0.4, -0.2) is 36.5 Å². The van der Waals surface area contributed by atoms with Crippen molar-refractivity contribution in [2.45, 2.75) is 63.8 Å². The molecule has 112 valence electrons. The monoisotopic (exact) mass is 279 g/mol. The zero-order chi connectivity index (χ0) is 14.4. The number of rotatable bonds is 5. The molecule has 0 spiro atoms. The number of allylic oxidation sites excluding steroid dienone is 1. The first-order valence-electron chi connectivity index (χ1n) is 7.75. The molecule has 0 aromatic heterocycles. The molecule has 0 N–H and O–H groups in total. The molecule has 0 aromatic rings. The molecule has 0 bridgehead atoms. The molecule has 2 aliphatic rings. The van der Waals surface area contributed by atoms with Crippen LogP contribution >= 0.6 is 0 Å². The van der Waals surface area contributed by atoms with Gasteiger partial charge in [-0.25, -0.2) is 0 Å². The Hall–Kier alpha value is -1.32. The maximum Gasteiger partial charge on any atom is 0.325 e. The summed E-state index contributed by atoms with van der Waals surface area (Å²) in [7, 11) is 1.38. The molecule has 0 aliphatic heterocycles. The van der Waals surface area contributed by atoms with Gasteiger partial charge in [0.1, 0.15) is 6.54 Å². The predicted molar refractivity (Wildman–Crippen MR) is 77.2 cm³/mol. The fraction of sp³-hybridized carbons (Fsp3) is 0.750. The summed E-state index contributed by atoms with van der Waals surface area (Å²) in [4.78, 5) is 25.8. The maximum absolute atomic E-state index is 12.5. The number of methoxy groups -OCH3 is 1. The standard InChI is InChI=1S/C16H25NO3/c1-20-16(19)12-17(14-9-5-6-10-14)15(18)11-13-7-3-2-4-8-13/h7,14H,2-6,8-12H2,1H3. The largest absolute Gasteiger partial charge is 0.468 e. The van der Waals surface area contributed by atoms with E-state index in [1.54, 1.807) is 4.90 Å². The molecule has 1 fully saturated rings. The minimum absolute atomic E-state index is 0.0930. The van der Waals surface area contributed by atoms with Gasteiger partial charge < -0.3 is 9.64 Å². The van der Waals surface area contributed by atoms with E-state index in [-0.39, 0.29) is 24.5 Å². The Morgan fingerprint density at radius 1 is 1.25 bits per heavy atom. The number of hydrogen-bond acceptors (Lipinski definition) is 3.